The molecule has 2 rings (SSSR count). The van der Waals surface area contributed by atoms with Gasteiger partial charge < -0.3 is 9.47 Å². The van der Waals surface area contributed by atoms with E-state index in [-0.39, 0.29) is 12.3 Å². The fourth-order valence-corrected chi connectivity index (χ4v) is 1.95. The highest BCUT2D eigenvalue weighted by Crippen LogP contribution is 2.15. The number of non-ortho nitro benzene ring substituents is 1. The Hall–Kier alpha value is -2.73. The van der Waals surface area contributed by atoms with Crippen molar-refractivity contribution in [1.82, 2.24) is 0 Å². The predicted octanol–water partition coefficient (Wildman–Crippen LogP) is 3.10. The highest BCUT2D eigenvalue weighted by Gasteiger charge is 2.10. The maximum Gasteiger partial charge on any atom is 0.338 e. The van der Waals surface area contributed by atoms with Crippen molar-refractivity contribution >= 4 is 11.7 Å². The minimum Gasteiger partial charge on any atom is -0.457 e. The number of carbonyl (C=O) groups is 1. The van der Waals surface area contributed by atoms with Gasteiger partial charge in [0.1, 0.15) is 6.61 Å². The molecule has 0 atom stereocenters. The summed E-state index contributed by atoms with van der Waals surface area (Å²) in [6.45, 7) is 0.390. The molecule has 22 heavy (non-hydrogen) atoms. The zero-order chi connectivity index (χ0) is 15.9. The lowest BCUT2D eigenvalue weighted by molar-refractivity contribution is -0.384. The van der Waals surface area contributed by atoms with Gasteiger partial charge in [0, 0.05) is 19.2 Å². The first-order valence-electron chi connectivity index (χ1n) is 6.58. The molecule has 2 aromatic carbocycles. The van der Waals surface area contributed by atoms with Crippen molar-refractivity contribution < 1.29 is 19.2 Å². The van der Waals surface area contributed by atoms with Gasteiger partial charge in [0.2, 0.25) is 0 Å². The lowest BCUT2D eigenvalue weighted by Gasteiger charge is -2.06. The van der Waals surface area contributed by atoms with Crippen molar-refractivity contribution in [1.29, 1.82) is 0 Å². The van der Waals surface area contributed by atoms with Crippen molar-refractivity contribution in [2.24, 2.45) is 0 Å². The third kappa shape index (κ3) is 4.13. The van der Waals surface area contributed by atoms with Crippen LogP contribution in [-0.2, 0) is 22.7 Å². The molecule has 0 amide bonds. The van der Waals surface area contributed by atoms with Crippen LogP contribution in [0.3, 0.4) is 0 Å². The molecular formula is C16H15NO5. The van der Waals surface area contributed by atoms with E-state index in [1.165, 1.54) is 12.1 Å². The Kier molecular flexibility index (Phi) is 5.21. The number of carbonyl (C=O) groups excluding carboxylic acids is 1. The lowest BCUT2D eigenvalue weighted by Crippen LogP contribution is -2.06. The summed E-state index contributed by atoms with van der Waals surface area (Å²) < 4.78 is 10.2. The van der Waals surface area contributed by atoms with Crippen molar-refractivity contribution in [3.8, 4) is 0 Å². The van der Waals surface area contributed by atoms with E-state index in [0.29, 0.717) is 17.7 Å². The number of esters is 1. The van der Waals surface area contributed by atoms with Crippen LogP contribution in [0.4, 0.5) is 5.69 Å². The zero-order valence-electron chi connectivity index (χ0n) is 12.0. The SMILES string of the molecule is COCc1cccc(C(=O)OCc2cccc([N+](=O)[O-])c2)c1. The first-order valence-corrected chi connectivity index (χ1v) is 6.58. The van der Waals surface area contributed by atoms with Crippen molar-refractivity contribution in [3.05, 3.63) is 75.3 Å². The molecule has 0 saturated heterocycles. The molecule has 0 radical (unpaired) electrons. The van der Waals surface area contributed by atoms with Gasteiger partial charge in [0.15, 0.2) is 0 Å². The van der Waals surface area contributed by atoms with E-state index in [4.69, 9.17) is 9.47 Å². The first kappa shape index (κ1) is 15.7. The normalized spacial score (nSPS) is 10.2. The second kappa shape index (κ2) is 7.33. The molecule has 2 aromatic rings. The molecule has 0 bridgehead atoms. The molecule has 0 fully saturated rings. The molecular weight excluding hydrogens is 286 g/mol. The Balaban J connectivity index is 2.02. The van der Waals surface area contributed by atoms with Crippen LogP contribution in [0.25, 0.3) is 0 Å². The summed E-state index contributed by atoms with van der Waals surface area (Å²) in [6.07, 6.45) is 0. The Labute approximate surface area is 127 Å². The number of ether oxygens (including phenoxy) is 2. The fourth-order valence-electron chi connectivity index (χ4n) is 1.95. The van der Waals surface area contributed by atoms with Crippen LogP contribution in [0.5, 0.6) is 0 Å². The maximum atomic E-state index is 12.0. The predicted molar refractivity (Wildman–Crippen MR) is 79.4 cm³/mol. The third-order valence-corrected chi connectivity index (χ3v) is 2.97. The van der Waals surface area contributed by atoms with Crippen LogP contribution in [0.2, 0.25) is 0 Å². The molecule has 0 saturated carbocycles. The van der Waals surface area contributed by atoms with Crippen LogP contribution in [-0.4, -0.2) is 18.0 Å². The quantitative estimate of drug-likeness (QED) is 0.465. The Morgan fingerprint density at radius 3 is 2.45 bits per heavy atom. The Morgan fingerprint density at radius 2 is 1.77 bits per heavy atom. The number of benzene rings is 2. The molecule has 0 aliphatic rings. The van der Waals surface area contributed by atoms with E-state index in [1.807, 2.05) is 6.07 Å². The van der Waals surface area contributed by atoms with Crippen molar-refractivity contribution in [2.75, 3.05) is 7.11 Å². The standard InChI is InChI=1S/C16H15NO5/c1-21-10-12-4-2-6-14(8-12)16(18)22-11-13-5-3-7-15(9-13)17(19)20/h2-9H,10-11H2,1H3. The van der Waals surface area contributed by atoms with E-state index in [0.717, 1.165) is 5.56 Å². The molecule has 114 valence electrons. The van der Waals surface area contributed by atoms with Gasteiger partial charge in [0.25, 0.3) is 5.69 Å². The molecule has 0 spiro atoms. The second-order valence-corrected chi connectivity index (χ2v) is 4.64. The topological polar surface area (TPSA) is 78.7 Å². The largest absolute Gasteiger partial charge is 0.457 e. The third-order valence-electron chi connectivity index (χ3n) is 2.97. The Bertz CT molecular complexity index is 684. The van der Waals surface area contributed by atoms with Gasteiger partial charge in [-0.1, -0.05) is 24.3 Å². The monoisotopic (exact) mass is 301 g/mol. The average molecular weight is 301 g/mol. The number of methoxy groups -OCH3 is 1. The summed E-state index contributed by atoms with van der Waals surface area (Å²) in [5, 5.41) is 10.7. The number of nitrogens with zero attached hydrogens (tertiary/aromatic N) is 1. The number of rotatable bonds is 6. The summed E-state index contributed by atoms with van der Waals surface area (Å²) in [5.74, 6) is -0.482. The van der Waals surface area contributed by atoms with Gasteiger partial charge in [-0.3, -0.25) is 10.1 Å². The molecule has 0 heterocycles. The minimum atomic E-state index is -0.487. The van der Waals surface area contributed by atoms with Gasteiger partial charge in [-0.15, -0.1) is 0 Å². The second-order valence-electron chi connectivity index (χ2n) is 4.64. The van der Waals surface area contributed by atoms with Crippen molar-refractivity contribution in [3.63, 3.8) is 0 Å². The van der Waals surface area contributed by atoms with Crippen LogP contribution in [0.15, 0.2) is 48.5 Å². The van der Waals surface area contributed by atoms with E-state index in [9.17, 15) is 14.9 Å². The first-order chi connectivity index (χ1) is 10.6. The van der Waals surface area contributed by atoms with Crippen LogP contribution in [0.1, 0.15) is 21.5 Å². The molecule has 0 aliphatic carbocycles. The van der Waals surface area contributed by atoms with Gasteiger partial charge >= 0.3 is 5.97 Å². The van der Waals surface area contributed by atoms with Gasteiger partial charge in [-0.2, -0.15) is 0 Å². The van der Waals surface area contributed by atoms with E-state index < -0.39 is 10.9 Å². The minimum absolute atomic E-state index is 0.0188. The summed E-state index contributed by atoms with van der Waals surface area (Å²) in [7, 11) is 1.58. The molecule has 0 aromatic heterocycles. The summed E-state index contributed by atoms with van der Waals surface area (Å²) >= 11 is 0. The van der Waals surface area contributed by atoms with Crippen LogP contribution >= 0.6 is 0 Å². The fraction of sp³-hybridized carbons (Fsp3) is 0.188. The zero-order valence-corrected chi connectivity index (χ0v) is 12.0. The van der Waals surface area contributed by atoms with E-state index in [1.54, 1.807) is 37.4 Å². The molecule has 0 unspecified atom stereocenters. The Morgan fingerprint density at radius 1 is 1.09 bits per heavy atom. The summed E-state index contributed by atoms with van der Waals surface area (Å²) in [6, 6.07) is 12.9. The van der Waals surface area contributed by atoms with Gasteiger partial charge in [-0.25, -0.2) is 4.79 Å². The number of nitro benzene ring substituents is 1. The summed E-state index contributed by atoms with van der Waals surface area (Å²) in [5.41, 5.74) is 1.82. The van der Waals surface area contributed by atoms with Gasteiger partial charge in [-0.05, 0) is 23.3 Å². The lowest BCUT2D eigenvalue weighted by atomic mass is 10.1. The van der Waals surface area contributed by atoms with Crippen LogP contribution in [0, 0.1) is 10.1 Å². The number of hydrogen-bond acceptors (Lipinski definition) is 5. The van der Waals surface area contributed by atoms with E-state index >= 15 is 0 Å². The highest BCUT2D eigenvalue weighted by atomic mass is 16.6. The molecule has 0 N–H and O–H groups in total. The molecule has 6 heteroatoms. The molecule has 0 aliphatic heterocycles. The van der Waals surface area contributed by atoms with Crippen LogP contribution < -0.4 is 0 Å². The highest BCUT2D eigenvalue weighted by molar-refractivity contribution is 5.89. The summed E-state index contributed by atoms with van der Waals surface area (Å²) in [4.78, 5) is 22.2. The van der Waals surface area contributed by atoms with Gasteiger partial charge in [0.05, 0.1) is 17.1 Å². The smallest absolute Gasteiger partial charge is 0.338 e. The number of hydrogen-bond donors (Lipinski definition) is 0. The number of nitro groups is 1. The molecule has 6 nitrogen and oxygen atoms in total. The van der Waals surface area contributed by atoms with E-state index in [2.05, 4.69) is 0 Å². The van der Waals surface area contributed by atoms with Crippen molar-refractivity contribution in [2.45, 2.75) is 13.2 Å². The maximum absolute atomic E-state index is 12.0. The average Bonchev–Trinajstić information content (AvgIpc) is 2.53.